The molecule has 0 radical (unpaired) electrons. The number of rotatable bonds is 4. The van der Waals surface area contributed by atoms with Gasteiger partial charge in [0, 0.05) is 15.6 Å². The molecule has 6 heteroatoms. The topological polar surface area (TPSA) is 42.0 Å². The Bertz CT molecular complexity index is 843. The Kier molecular flexibility index (Phi) is 4.34. The lowest BCUT2D eigenvalue weighted by atomic mass is 10.1. The number of Topliss-reactive ketones (excluding diaryl/α,β-unsaturated/α-hetero) is 1. The molecule has 1 aromatic heterocycles. The smallest absolute Gasteiger partial charge is 0.184 e. The highest BCUT2D eigenvalue weighted by Crippen LogP contribution is 2.31. The van der Waals surface area contributed by atoms with Crippen LogP contribution < -0.4 is 5.32 Å². The fourth-order valence-electron chi connectivity index (χ4n) is 2.07. The second-order valence-electron chi connectivity index (χ2n) is 4.82. The van der Waals surface area contributed by atoms with Crippen molar-refractivity contribution < 1.29 is 4.79 Å². The van der Waals surface area contributed by atoms with Crippen molar-refractivity contribution in [1.29, 1.82) is 0 Å². The molecule has 0 saturated carbocycles. The van der Waals surface area contributed by atoms with Crippen molar-refractivity contribution in [2.45, 2.75) is 6.92 Å². The number of aromatic nitrogens is 1. The van der Waals surface area contributed by atoms with E-state index in [1.54, 1.807) is 24.3 Å². The van der Waals surface area contributed by atoms with Crippen LogP contribution in [0.1, 0.15) is 15.9 Å². The molecule has 0 saturated heterocycles. The lowest BCUT2D eigenvalue weighted by Gasteiger charge is -2.02. The van der Waals surface area contributed by atoms with Gasteiger partial charge in [-0.05, 0) is 48.9 Å². The number of benzene rings is 2. The average molecular weight is 351 g/mol. The van der Waals surface area contributed by atoms with Crippen molar-refractivity contribution in [2.75, 3.05) is 11.9 Å². The van der Waals surface area contributed by atoms with Gasteiger partial charge in [-0.2, -0.15) is 0 Å². The molecule has 0 unspecified atom stereocenters. The molecule has 0 fully saturated rings. The van der Waals surface area contributed by atoms with Crippen LogP contribution in [0.15, 0.2) is 36.4 Å². The zero-order valence-corrected chi connectivity index (χ0v) is 14.0. The highest BCUT2D eigenvalue weighted by atomic mass is 35.5. The molecule has 112 valence electrons. The maximum Gasteiger partial charge on any atom is 0.184 e. The van der Waals surface area contributed by atoms with Gasteiger partial charge in [0.1, 0.15) is 0 Å². The number of carbonyl (C=O) groups is 1. The quantitative estimate of drug-likeness (QED) is 0.657. The standard InChI is InChI=1S/C16H12Cl2N2OS/c1-9-12(18)6-7-14-15(9)20-16(22-14)19-8-13(21)10-2-4-11(17)5-3-10/h2-7H,8H2,1H3,(H,19,20). The highest BCUT2D eigenvalue weighted by molar-refractivity contribution is 7.22. The molecule has 0 spiro atoms. The predicted molar refractivity (Wildman–Crippen MR) is 93.6 cm³/mol. The Morgan fingerprint density at radius 2 is 1.91 bits per heavy atom. The normalized spacial score (nSPS) is 10.9. The third kappa shape index (κ3) is 3.09. The van der Waals surface area contributed by atoms with Crippen LogP contribution in [0.2, 0.25) is 10.0 Å². The number of hydrogen-bond donors (Lipinski definition) is 1. The molecule has 2 aromatic carbocycles. The van der Waals surface area contributed by atoms with Crippen molar-refractivity contribution in [1.82, 2.24) is 4.98 Å². The molecule has 3 aromatic rings. The first-order chi connectivity index (χ1) is 10.5. The number of nitrogens with one attached hydrogen (secondary N) is 1. The van der Waals surface area contributed by atoms with Gasteiger partial charge >= 0.3 is 0 Å². The molecule has 1 heterocycles. The fourth-order valence-corrected chi connectivity index (χ4v) is 3.27. The molecular formula is C16H12Cl2N2OS. The van der Waals surface area contributed by atoms with E-state index in [1.165, 1.54) is 11.3 Å². The molecular weight excluding hydrogens is 339 g/mol. The lowest BCUT2D eigenvalue weighted by molar-refractivity contribution is 0.101. The van der Waals surface area contributed by atoms with Crippen LogP contribution in [-0.4, -0.2) is 17.3 Å². The molecule has 3 rings (SSSR count). The van der Waals surface area contributed by atoms with Crippen molar-refractivity contribution in [2.24, 2.45) is 0 Å². The van der Waals surface area contributed by atoms with Gasteiger partial charge in [-0.15, -0.1) is 0 Å². The summed E-state index contributed by atoms with van der Waals surface area (Å²) >= 11 is 13.4. The van der Waals surface area contributed by atoms with E-state index in [-0.39, 0.29) is 12.3 Å². The third-order valence-electron chi connectivity index (χ3n) is 3.31. The van der Waals surface area contributed by atoms with Crippen LogP contribution in [0.3, 0.4) is 0 Å². The number of thiazole rings is 1. The van der Waals surface area contributed by atoms with Gasteiger partial charge in [0.15, 0.2) is 10.9 Å². The number of anilines is 1. The number of carbonyl (C=O) groups excluding carboxylic acids is 1. The van der Waals surface area contributed by atoms with Crippen LogP contribution >= 0.6 is 34.5 Å². The Balaban J connectivity index is 1.75. The van der Waals surface area contributed by atoms with Crippen LogP contribution in [0.25, 0.3) is 10.2 Å². The van der Waals surface area contributed by atoms with Gasteiger partial charge in [-0.1, -0.05) is 34.5 Å². The Morgan fingerprint density at radius 1 is 1.18 bits per heavy atom. The zero-order valence-electron chi connectivity index (χ0n) is 11.7. The number of halogens is 2. The van der Waals surface area contributed by atoms with E-state index >= 15 is 0 Å². The first-order valence-corrected chi connectivity index (χ1v) is 8.20. The second-order valence-corrected chi connectivity index (χ2v) is 6.70. The first-order valence-electron chi connectivity index (χ1n) is 6.63. The molecule has 22 heavy (non-hydrogen) atoms. The number of hydrogen-bond acceptors (Lipinski definition) is 4. The fraction of sp³-hybridized carbons (Fsp3) is 0.125. The van der Waals surface area contributed by atoms with Crippen molar-refractivity contribution in [3.05, 3.63) is 57.6 Å². The molecule has 0 atom stereocenters. The molecule has 0 amide bonds. The molecule has 0 aliphatic heterocycles. The minimum absolute atomic E-state index is 0.00863. The molecule has 0 aliphatic rings. The van der Waals surface area contributed by atoms with E-state index < -0.39 is 0 Å². The highest BCUT2D eigenvalue weighted by Gasteiger charge is 2.10. The maximum absolute atomic E-state index is 12.1. The van der Waals surface area contributed by atoms with E-state index in [2.05, 4.69) is 10.3 Å². The van der Waals surface area contributed by atoms with Gasteiger partial charge in [-0.3, -0.25) is 4.79 Å². The summed E-state index contributed by atoms with van der Waals surface area (Å²) in [6, 6.07) is 10.6. The molecule has 0 aliphatic carbocycles. The summed E-state index contributed by atoms with van der Waals surface area (Å²) < 4.78 is 1.04. The van der Waals surface area contributed by atoms with E-state index in [9.17, 15) is 4.79 Å². The number of nitrogens with zero attached hydrogens (tertiary/aromatic N) is 1. The third-order valence-corrected chi connectivity index (χ3v) is 4.95. The van der Waals surface area contributed by atoms with E-state index in [0.717, 1.165) is 15.8 Å². The molecule has 1 N–H and O–H groups in total. The van der Waals surface area contributed by atoms with Crippen LogP contribution in [0.5, 0.6) is 0 Å². The summed E-state index contributed by atoms with van der Waals surface area (Å²) in [6.45, 7) is 2.13. The molecule has 0 bridgehead atoms. The zero-order chi connectivity index (χ0) is 15.7. The summed E-state index contributed by atoms with van der Waals surface area (Å²) in [4.78, 5) is 16.6. The van der Waals surface area contributed by atoms with E-state index in [1.807, 2.05) is 19.1 Å². The minimum Gasteiger partial charge on any atom is -0.354 e. The average Bonchev–Trinajstić information content (AvgIpc) is 2.93. The van der Waals surface area contributed by atoms with Crippen molar-refractivity contribution in [3.8, 4) is 0 Å². The van der Waals surface area contributed by atoms with Gasteiger partial charge < -0.3 is 5.32 Å². The Hall–Kier alpha value is -1.62. The summed E-state index contributed by atoms with van der Waals surface area (Å²) in [5.74, 6) is -0.00863. The summed E-state index contributed by atoms with van der Waals surface area (Å²) in [5, 5.41) is 5.10. The van der Waals surface area contributed by atoms with Gasteiger partial charge in [-0.25, -0.2) is 4.98 Å². The van der Waals surface area contributed by atoms with Crippen molar-refractivity contribution in [3.63, 3.8) is 0 Å². The monoisotopic (exact) mass is 350 g/mol. The van der Waals surface area contributed by atoms with Gasteiger partial charge in [0.2, 0.25) is 0 Å². The minimum atomic E-state index is -0.00863. The van der Waals surface area contributed by atoms with Crippen LogP contribution in [0, 0.1) is 6.92 Å². The van der Waals surface area contributed by atoms with E-state index in [4.69, 9.17) is 23.2 Å². The predicted octanol–water partition coefficient (Wildman–Crippen LogP) is 5.21. The summed E-state index contributed by atoms with van der Waals surface area (Å²) in [5.41, 5.74) is 2.45. The summed E-state index contributed by atoms with van der Waals surface area (Å²) in [6.07, 6.45) is 0. The first kappa shape index (κ1) is 15.3. The van der Waals surface area contributed by atoms with Crippen LogP contribution in [0.4, 0.5) is 5.13 Å². The number of ketones is 1. The number of fused-ring (bicyclic) bond motifs is 1. The van der Waals surface area contributed by atoms with Crippen molar-refractivity contribution >= 4 is 55.7 Å². The number of aryl methyl sites for hydroxylation is 1. The Labute approximate surface area is 141 Å². The lowest BCUT2D eigenvalue weighted by Crippen LogP contribution is -2.13. The summed E-state index contributed by atoms with van der Waals surface area (Å²) in [7, 11) is 0. The SMILES string of the molecule is Cc1c(Cl)ccc2sc(NCC(=O)c3ccc(Cl)cc3)nc12. The van der Waals surface area contributed by atoms with E-state index in [0.29, 0.717) is 20.7 Å². The van der Waals surface area contributed by atoms with Gasteiger partial charge in [0.05, 0.1) is 16.8 Å². The van der Waals surface area contributed by atoms with Crippen LogP contribution in [-0.2, 0) is 0 Å². The largest absolute Gasteiger partial charge is 0.354 e. The Morgan fingerprint density at radius 3 is 2.64 bits per heavy atom. The molecule has 3 nitrogen and oxygen atoms in total. The van der Waals surface area contributed by atoms with Gasteiger partial charge in [0.25, 0.3) is 0 Å². The maximum atomic E-state index is 12.1. The second kappa shape index (κ2) is 6.24.